The summed E-state index contributed by atoms with van der Waals surface area (Å²) in [5.41, 5.74) is 1.55. The zero-order valence-corrected chi connectivity index (χ0v) is 20.1. The van der Waals surface area contributed by atoms with Crippen molar-refractivity contribution in [2.45, 2.75) is 71.2 Å². The SMILES string of the molecule is CSC1CC(=O)N(CCCCCCCNc2ccc(COC(=O)C(C)(C)C)cc2)C1=O. The molecule has 1 saturated heterocycles. The van der Waals surface area contributed by atoms with Crippen molar-refractivity contribution in [3.63, 3.8) is 0 Å². The predicted molar refractivity (Wildman–Crippen MR) is 126 cm³/mol. The van der Waals surface area contributed by atoms with Gasteiger partial charge in [0, 0.05) is 25.2 Å². The van der Waals surface area contributed by atoms with E-state index in [2.05, 4.69) is 5.32 Å². The normalized spacial score (nSPS) is 16.6. The summed E-state index contributed by atoms with van der Waals surface area (Å²) in [7, 11) is 0. The van der Waals surface area contributed by atoms with Crippen LogP contribution in [0.15, 0.2) is 24.3 Å². The second-order valence-electron chi connectivity index (χ2n) is 9.03. The maximum Gasteiger partial charge on any atom is 0.311 e. The van der Waals surface area contributed by atoms with Crippen molar-refractivity contribution in [2.24, 2.45) is 5.41 Å². The fourth-order valence-electron chi connectivity index (χ4n) is 3.31. The van der Waals surface area contributed by atoms with Crippen LogP contribution in [0, 0.1) is 5.41 Å². The van der Waals surface area contributed by atoms with Crippen molar-refractivity contribution in [3.05, 3.63) is 29.8 Å². The molecule has 2 rings (SSSR count). The minimum absolute atomic E-state index is 0.0138. The summed E-state index contributed by atoms with van der Waals surface area (Å²) in [5.74, 6) is -0.232. The number of rotatable bonds is 12. The molecule has 2 amide bonds. The molecule has 172 valence electrons. The van der Waals surface area contributed by atoms with Crippen LogP contribution in [0.2, 0.25) is 0 Å². The molecule has 0 saturated carbocycles. The van der Waals surface area contributed by atoms with Gasteiger partial charge in [-0.05, 0) is 57.6 Å². The van der Waals surface area contributed by atoms with Gasteiger partial charge >= 0.3 is 5.97 Å². The van der Waals surface area contributed by atoms with Gasteiger partial charge in [0.1, 0.15) is 6.61 Å². The maximum atomic E-state index is 12.1. The van der Waals surface area contributed by atoms with Gasteiger partial charge in [-0.25, -0.2) is 0 Å². The van der Waals surface area contributed by atoms with Crippen LogP contribution in [0.3, 0.4) is 0 Å². The number of imide groups is 1. The minimum Gasteiger partial charge on any atom is -0.460 e. The molecule has 1 aromatic rings. The third-order valence-electron chi connectivity index (χ3n) is 5.31. The third kappa shape index (κ3) is 8.20. The van der Waals surface area contributed by atoms with Crippen LogP contribution >= 0.6 is 11.8 Å². The number of nitrogens with one attached hydrogen (secondary N) is 1. The van der Waals surface area contributed by atoms with Crippen molar-refractivity contribution in [1.82, 2.24) is 4.90 Å². The number of carbonyl (C=O) groups excluding carboxylic acids is 3. The van der Waals surface area contributed by atoms with Crippen molar-refractivity contribution in [2.75, 3.05) is 24.7 Å². The summed E-state index contributed by atoms with van der Waals surface area (Å²) in [6.07, 6.45) is 7.43. The molecule has 1 aromatic carbocycles. The van der Waals surface area contributed by atoms with Gasteiger partial charge in [-0.2, -0.15) is 11.8 Å². The van der Waals surface area contributed by atoms with E-state index >= 15 is 0 Å². The van der Waals surface area contributed by atoms with Gasteiger partial charge in [0.25, 0.3) is 0 Å². The topological polar surface area (TPSA) is 75.7 Å². The molecule has 1 heterocycles. The van der Waals surface area contributed by atoms with Crippen LogP contribution in [0.1, 0.15) is 64.9 Å². The lowest BCUT2D eigenvalue weighted by Gasteiger charge is -2.16. The van der Waals surface area contributed by atoms with E-state index in [0.717, 1.165) is 49.9 Å². The van der Waals surface area contributed by atoms with Crippen LogP contribution in [0.4, 0.5) is 5.69 Å². The number of hydrogen-bond acceptors (Lipinski definition) is 6. The summed E-state index contributed by atoms with van der Waals surface area (Å²) in [6.45, 7) is 7.29. The van der Waals surface area contributed by atoms with E-state index in [4.69, 9.17) is 4.74 Å². The Bertz CT molecular complexity index is 743. The Morgan fingerprint density at radius 1 is 1.10 bits per heavy atom. The van der Waals surface area contributed by atoms with E-state index in [0.29, 0.717) is 19.6 Å². The molecule has 1 atom stereocenters. The molecular formula is C24H36N2O4S. The highest BCUT2D eigenvalue weighted by atomic mass is 32.2. The first kappa shape index (κ1) is 25.2. The highest BCUT2D eigenvalue weighted by molar-refractivity contribution is 8.00. The van der Waals surface area contributed by atoms with Crippen LogP contribution in [-0.2, 0) is 25.7 Å². The molecule has 1 N–H and O–H groups in total. The summed E-state index contributed by atoms with van der Waals surface area (Å²) < 4.78 is 5.33. The standard InChI is InChI=1S/C24H36N2O4S/c1-24(2,3)23(29)30-17-18-10-12-19(13-11-18)25-14-8-6-5-7-9-15-26-21(27)16-20(31-4)22(26)28/h10-13,20,25H,5-9,14-17H2,1-4H3. The smallest absolute Gasteiger partial charge is 0.311 e. The summed E-state index contributed by atoms with van der Waals surface area (Å²) >= 11 is 1.47. The number of nitrogens with zero attached hydrogens (tertiary/aromatic N) is 1. The summed E-state index contributed by atoms with van der Waals surface area (Å²) in [5, 5.41) is 3.24. The molecule has 1 fully saturated rings. The van der Waals surface area contributed by atoms with E-state index in [9.17, 15) is 14.4 Å². The molecule has 1 unspecified atom stereocenters. The fraction of sp³-hybridized carbons (Fsp3) is 0.625. The number of likely N-dealkylation sites (tertiary alicyclic amines) is 1. The highest BCUT2D eigenvalue weighted by Crippen LogP contribution is 2.23. The van der Waals surface area contributed by atoms with E-state index in [-0.39, 0.29) is 23.0 Å². The zero-order valence-electron chi connectivity index (χ0n) is 19.2. The Kier molecular flexibility index (Phi) is 9.88. The van der Waals surface area contributed by atoms with Crippen molar-refractivity contribution < 1.29 is 19.1 Å². The number of carbonyl (C=O) groups is 3. The quantitative estimate of drug-likeness (QED) is 0.285. The highest BCUT2D eigenvalue weighted by Gasteiger charge is 2.37. The van der Waals surface area contributed by atoms with Gasteiger partial charge in [-0.1, -0.05) is 31.4 Å². The summed E-state index contributed by atoms with van der Waals surface area (Å²) in [4.78, 5) is 37.2. The van der Waals surface area contributed by atoms with Crippen molar-refractivity contribution in [3.8, 4) is 0 Å². The van der Waals surface area contributed by atoms with Crippen LogP contribution in [0.25, 0.3) is 0 Å². The maximum absolute atomic E-state index is 12.1. The number of thioether (sulfide) groups is 1. The monoisotopic (exact) mass is 448 g/mol. The molecule has 0 aliphatic carbocycles. The molecule has 0 spiro atoms. The van der Waals surface area contributed by atoms with E-state index < -0.39 is 5.41 Å². The zero-order chi connectivity index (χ0) is 22.9. The first-order valence-corrected chi connectivity index (χ1v) is 12.4. The molecule has 1 aliphatic heterocycles. The first-order chi connectivity index (χ1) is 14.7. The van der Waals surface area contributed by atoms with Gasteiger partial charge in [0.05, 0.1) is 10.7 Å². The summed E-state index contributed by atoms with van der Waals surface area (Å²) in [6, 6.07) is 7.96. The average molecular weight is 449 g/mol. The number of ether oxygens (including phenoxy) is 1. The van der Waals surface area contributed by atoms with Gasteiger partial charge in [0.2, 0.25) is 11.8 Å². The third-order valence-corrected chi connectivity index (χ3v) is 6.25. The Morgan fingerprint density at radius 2 is 1.74 bits per heavy atom. The first-order valence-electron chi connectivity index (χ1n) is 11.1. The fourth-order valence-corrected chi connectivity index (χ4v) is 3.95. The Balaban J connectivity index is 1.53. The molecule has 0 aromatic heterocycles. The Labute approximate surface area is 190 Å². The van der Waals surface area contributed by atoms with Crippen molar-refractivity contribution >= 4 is 35.2 Å². The lowest BCUT2D eigenvalue weighted by atomic mass is 9.97. The largest absolute Gasteiger partial charge is 0.460 e. The van der Waals surface area contributed by atoms with E-state index in [1.54, 1.807) is 0 Å². The van der Waals surface area contributed by atoms with E-state index in [1.165, 1.54) is 16.7 Å². The Hall–Kier alpha value is -2.02. The van der Waals surface area contributed by atoms with Crippen LogP contribution < -0.4 is 5.32 Å². The van der Waals surface area contributed by atoms with Crippen LogP contribution in [-0.4, -0.2) is 47.3 Å². The second kappa shape index (κ2) is 12.1. The molecular weight excluding hydrogens is 412 g/mol. The molecule has 31 heavy (non-hydrogen) atoms. The second-order valence-corrected chi connectivity index (χ2v) is 10.1. The number of anilines is 1. The van der Waals surface area contributed by atoms with Gasteiger partial charge in [-0.3, -0.25) is 19.3 Å². The minimum atomic E-state index is -0.484. The average Bonchev–Trinajstić information content (AvgIpc) is 3.01. The van der Waals surface area contributed by atoms with Crippen molar-refractivity contribution in [1.29, 1.82) is 0 Å². The molecule has 7 heteroatoms. The van der Waals surface area contributed by atoms with Crippen LogP contribution in [0.5, 0.6) is 0 Å². The van der Waals surface area contributed by atoms with E-state index in [1.807, 2.05) is 51.3 Å². The Morgan fingerprint density at radius 3 is 2.35 bits per heavy atom. The lowest BCUT2D eigenvalue weighted by molar-refractivity contribution is -0.154. The lowest BCUT2D eigenvalue weighted by Crippen LogP contribution is -2.32. The van der Waals surface area contributed by atoms with Gasteiger partial charge in [-0.15, -0.1) is 0 Å². The number of amides is 2. The number of benzene rings is 1. The predicted octanol–water partition coefficient (Wildman–Crippen LogP) is 4.63. The molecule has 0 radical (unpaired) electrons. The molecule has 1 aliphatic rings. The number of unbranched alkanes of at least 4 members (excludes halogenated alkanes) is 4. The number of hydrogen-bond donors (Lipinski definition) is 1. The number of esters is 1. The van der Waals surface area contributed by atoms with Gasteiger partial charge in [0.15, 0.2) is 0 Å². The van der Waals surface area contributed by atoms with Gasteiger partial charge < -0.3 is 10.1 Å². The molecule has 6 nitrogen and oxygen atoms in total. The molecule has 0 bridgehead atoms.